The predicted octanol–water partition coefficient (Wildman–Crippen LogP) is -0.956. The van der Waals surface area contributed by atoms with Gasteiger partial charge in [0.15, 0.2) is 0 Å². The van der Waals surface area contributed by atoms with Crippen molar-refractivity contribution in [3.63, 3.8) is 0 Å². The van der Waals surface area contributed by atoms with Gasteiger partial charge in [-0.25, -0.2) is 4.79 Å². The molecular weight excluding hydrogens is 198 g/mol. The second kappa shape index (κ2) is 5.41. The second-order valence-electron chi connectivity index (χ2n) is 1.98. The van der Waals surface area contributed by atoms with Crippen LogP contribution in [0, 0.1) is 0 Å². The molecule has 0 radical (unpaired) electrons. The average Bonchev–Trinajstić information content (AvgIpc) is 1.96. The Morgan fingerprint density at radius 2 is 2.08 bits per heavy atom. The predicted molar refractivity (Wildman–Crippen MR) is 47.3 cm³/mol. The van der Waals surface area contributed by atoms with Gasteiger partial charge >= 0.3 is 5.69 Å². The first kappa shape index (κ1) is 11.8. The van der Waals surface area contributed by atoms with Crippen molar-refractivity contribution in [3.05, 3.63) is 22.7 Å². The summed E-state index contributed by atoms with van der Waals surface area (Å²) in [7, 11) is 1.62. The molecule has 0 aliphatic carbocycles. The fourth-order valence-corrected chi connectivity index (χ4v) is 0.479. The lowest BCUT2D eigenvalue weighted by Gasteiger charge is -1.92. The molecule has 0 saturated heterocycles. The summed E-state index contributed by atoms with van der Waals surface area (Å²) < 4.78 is 24.2. The lowest BCUT2D eigenvalue weighted by atomic mass is 10.6. The highest BCUT2D eigenvalue weighted by Gasteiger charge is 1.88. The fraction of sp³-hybridized carbons (Fsp3) is 0.200. The SMILES string of the molecule is Cn1ccc(N)nc1=O.O=S(O)O. The third-order valence-electron chi connectivity index (χ3n) is 0.995. The third kappa shape index (κ3) is 5.96. The van der Waals surface area contributed by atoms with Crippen molar-refractivity contribution in [3.8, 4) is 0 Å². The van der Waals surface area contributed by atoms with Crippen LogP contribution in [0.1, 0.15) is 0 Å². The van der Waals surface area contributed by atoms with E-state index in [0.29, 0.717) is 0 Å². The Morgan fingerprint density at radius 3 is 2.38 bits per heavy atom. The Labute approximate surface area is 76.3 Å². The lowest BCUT2D eigenvalue weighted by Crippen LogP contribution is -2.19. The molecule has 0 amide bonds. The number of nitrogens with two attached hydrogens (primary N) is 1. The van der Waals surface area contributed by atoms with Gasteiger partial charge in [-0.3, -0.25) is 9.11 Å². The van der Waals surface area contributed by atoms with Gasteiger partial charge in [0.2, 0.25) is 0 Å². The highest BCUT2D eigenvalue weighted by atomic mass is 32.2. The van der Waals surface area contributed by atoms with Crippen LogP contribution in [0.3, 0.4) is 0 Å². The molecule has 0 atom stereocenters. The Hall–Kier alpha value is -1.25. The van der Waals surface area contributed by atoms with Crippen LogP contribution in [0.25, 0.3) is 0 Å². The van der Waals surface area contributed by atoms with Gasteiger partial charge in [0.05, 0.1) is 0 Å². The van der Waals surface area contributed by atoms with Gasteiger partial charge < -0.3 is 10.3 Å². The second-order valence-corrected chi connectivity index (χ2v) is 2.44. The van der Waals surface area contributed by atoms with Gasteiger partial charge in [0.25, 0.3) is 11.4 Å². The van der Waals surface area contributed by atoms with Crippen molar-refractivity contribution in [2.24, 2.45) is 7.05 Å². The van der Waals surface area contributed by atoms with Crippen LogP contribution in [0.15, 0.2) is 17.1 Å². The van der Waals surface area contributed by atoms with Crippen molar-refractivity contribution >= 4 is 17.2 Å². The van der Waals surface area contributed by atoms with E-state index in [1.54, 1.807) is 19.3 Å². The number of rotatable bonds is 0. The molecule has 7 nitrogen and oxygen atoms in total. The molecule has 0 aliphatic heterocycles. The van der Waals surface area contributed by atoms with Crippen LogP contribution in [-0.4, -0.2) is 22.9 Å². The number of hydrogen-bond donors (Lipinski definition) is 3. The minimum atomic E-state index is -2.61. The number of hydrogen-bond acceptors (Lipinski definition) is 4. The number of anilines is 1. The van der Waals surface area contributed by atoms with E-state index in [-0.39, 0.29) is 11.5 Å². The molecule has 0 fully saturated rings. The number of aryl methyl sites for hydroxylation is 1. The molecule has 1 heterocycles. The molecule has 8 heteroatoms. The van der Waals surface area contributed by atoms with E-state index in [1.807, 2.05) is 0 Å². The largest absolute Gasteiger partial charge is 0.383 e. The number of nitrogens with zero attached hydrogens (tertiary/aromatic N) is 2. The van der Waals surface area contributed by atoms with Gasteiger partial charge in [-0.2, -0.15) is 9.19 Å². The molecule has 4 N–H and O–H groups in total. The normalized spacial score (nSPS) is 9.23. The Morgan fingerprint density at radius 1 is 1.62 bits per heavy atom. The first-order valence-corrected chi connectivity index (χ1v) is 4.09. The van der Waals surface area contributed by atoms with Crippen molar-refractivity contribution < 1.29 is 13.3 Å². The van der Waals surface area contributed by atoms with Crippen LogP contribution in [0.4, 0.5) is 5.82 Å². The van der Waals surface area contributed by atoms with Gasteiger partial charge in [-0.15, -0.1) is 0 Å². The summed E-state index contributed by atoms with van der Waals surface area (Å²) in [4.78, 5) is 14.1. The Kier molecular flexibility index (Phi) is 4.89. The fourth-order valence-electron chi connectivity index (χ4n) is 0.479. The van der Waals surface area contributed by atoms with Crippen LogP contribution < -0.4 is 11.4 Å². The molecule has 0 bridgehead atoms. The maximum Gasteiger partial charge on any atom is 0.349 e. The molecule has 0 aromatic carbocycles. The van der Waals surface area contributed by atoms with Crippen molar-refractivity contribution in [1.82, 2.24) is 9.55 Å². The van der Waals surface area contributed by atoms with Crippen LogP contribution in [-0.2, 0) is 18.4 Å². The van der Waals surface area contributed by atoms with Crippen LogP contribution >= 0.6 is 0 Å². The molecule has 0 saturated carbocycles. The lowest BCUT2D eigenvalue weighted by molar-refractivity contribution is 0.454. The highest BCUT2D eigenvalue weighted by molar-refractivity contribution is 7.73. The molecule has 0 unspecified atom stereocenters. The summed E-state index contributed by atoms with van der Waals surface area (Å²) >= 11 is -2.61. The van der Waals surface area contributed by atoms with Gasteiger partial charge in [-0.05, 0) is 6.07 Å². The van der Waals surface area contributed by atoms with Gasteiger partial charge in [0.1, 0.15) is 5.82 Å². The topological polar surface area (TPSA) is 118 Å². The molecule has 0 aliphatic rings. The van der Waals surface area contributed by atoms with Gasteiger partial charge in [-0.1, -0.05) is 0 Å². The summed E-state index contributed by atoms with van der Waals surface area (Å²) in [6.45, 7) is 0. The molecule has 1 aromatic heterocycles. The van der Waals surface area contributed by atoms with E-state index in [0.717, 1.165) is 0 Å². The summed E-state index contributed by atoms with van der Waals surface area (Å²) in [5, 5.41) is 0. The van der Waals surface area contributed by atoms with E-state index >= 15 is 0 Å². The summed E-state index contributed by atoms with van der Waals surface area (Å²) in [5.74, 6) is 0.262. The summed E-state index contributed by atoms with van der Waals surface area (Å²) in [6, 6.07) is 1.57. The zero-order chi connectivity index (χ0) is 10.4. The Balaban J connectivity index is 0.000000310. The van der Waals surface area contributed by atoms with Gasteiger partial charge in [0, 0.05) is 13.2 Å². The zero-order valence-electron chi connectivity index (χ0n) is 6.75. The van der Waals surface area contributed by atoms with Crippen molar-refractivity contribution in [2.75, 3.05) is 5.73 Å². The summed E-state index contributed by atoms with van der Waals surface area (Å²) in [5.41, 5.74) is 4.88. The first-order chi connectivity index (χ1) is 5.93. The zero-order valence-corrected chi connectivity index (χ0v) is 7.56. The van der Waals surface area contributed by atoms with E-state index in [1.165, 1.54) is 4.57 Å². The quantitative estimate of drug-likeness (QED) is 0.471. The molecule has 1 rings (SSSR count). The van der Waals surface area contributed by atoms with E-state index in [4.69, 9.17) is 19.0 Å². The average molecular weight is 207 g/mol. The standard InChI is InChI=1S/C5H7N3O.H2O3S/c1-8-3-2-4(6)7-5(8)9;1-4(2)3/h2-3H,1H3,(H2,6,7,9);(H2,1,2,3). The summed E-state index contributed by atoms with van der Waals surface area (Å²) in [6.07, 6.45) is 1.57. The molecule has 1 aromatic rings. The maximum absolute atomic E-state index is 10.6. The molecule has 0 spiro atoms. The smallest absolute Gasteiger partial charge is 0.349 e. The minimum absolute atomic E-state index is 0.262. The number of nitrogen functional groups attached to an aromatic ring is 1. The number of aromatic nitrogens is 2. The molecule has 13 heavy (non-hydrogen) atoms. The van der Waals surface area contributed by atoms with Crippen molar-refractivity contribution in [1.29, 1.82) is 0 Å². The molecular formula is C5H9N3O4S. The van der Waals surface area contributed by atoms with E-state index in [2.05, 4.69) is 4.98 Å². The van der Waals surface area contributed by atoms with E-state index in [9.17, 15) is 4.79 Å². The monoisotopic (exact) mass is 207 g/mol. The first-order valence-electron chi connectivity index (χ1n) is 3.02. The Bertz CT molecular complexity index is 346. The molecule has 74 valence electrons. The third-order valence-corrected chi connectivity index (χ3v) is 0.995. The van der Waals surface area contributed by atoms with Crippen LogP contribution in [0.2, 0.25) is 0 Å². The highest BCUT2D eigenvalue weighted by Crippen LogP contribution is 1.85. The minimum Gasteiger partial charge on any atom is -0.383 e. The van der Waals surface area contributed by atoms with E-state index < -0.39 is 11.4 Å². The van der Waals surface area contributed by atoms with Crippen molar-refractivity contribution in [2.45, 2.75) is 0 Å². The maximum atomic E-state index is 10.6. The van der Waals surface area contributed by atoms with Crippen LogP contribution in [0.5, 0.6) is 0 Å².